The minimum atomic E-state index is -3.69. The van der Waals surface area contributed by atoms with Crippen LogP contribution in [0.15, 0.2) is 57.9 Å². The Hall–Kier alpha value is -2.60. The summed E-state index contributed by atoms with van der Waals surface area (Å²) in [4.78, 5) is 0.252. The lowest BCUT2D eigenvalue weighted by Gasteiger charge is -2.21. The summed E-state index contributed by atoms with van der Waals surface area (Å²) in [5.74, 6) is 0.548. The molecule has 0 radical (unpaired) electrons. The number of anilines is 1. The van der Waals surface area contributed by atoms with Crippen molar-refractivity contribution in [2.45, 2.75) is 25.7 Å². The van der Waals surface area contributed by atoms with Gasteiger partial charge < -0.3 is 4.52 Å². The summed E-state index contributed by atoms with van der Waals surface area (Å²) in [6.07, 6.45) is 0. The molecule has 0 amide bonds. The molecule has 0 aliphatic heterocycles. The quantitative estimate of drug-likeness (QED) is 0.706. The van der Waals surface area contributed by atoms with Gasteiger partial charge in [0.05, 0.1) is 16.3 Å². The van der Waals surface area contributed by atoms with Gasteiger partial charge in [-0.3, -0.25) is 4.31 Å². The highest BCUT2D eigenvalue weighted by atomic mass is 32.2. The predicted molar refractivity (Wildman–Crippen MR) is 98.2 cm³/mol. The zero-order valence-corrected chi connectivity index (χ0v) is 15.5. The third-order valence-electron chi connectivity index (χ3n) is 4.14. The van der Waals surface area contributed by atoms with E-state index in [4.69, 9.17) is 4.52 Å². The van der Waals surface area contributed by atoms with Gasteiger partial charge in [0.2, 0.25) is 0 Å². The Morgan fingerprint density at radius 1 is 0.960 bits per heavy atom. The van der Waals surface area contributed by atoms with Gasteiger partial charge in [-0.1, -0.05) is 35.0 Å². The van der Waals surface area contributed by atoms with Gasteiger partial charge in [0.1, 0.15) is 0 Å². The van der Waals surface area contributed by atoms with Crippen LogP contribution in [0.4, 0.5) is 5.69 Å². The van der Waals surface area contributed by atoms with E-state index < -0.39 is 10.0 Å². The van der Waals surface area contributed by atoms with Gasteiger partial charge in [0.15, 0.2) is 5.76 Å². The molecule has 0 bridgehead atoms. The molecule has 0 unspecified atom stereocenters. The van der Waals surface area contributed by atoms with Crippen LogP contribution in [0.1, 0.15) is 16.8 Å². The first kappa shape index (κ1) is 17.2. The van der Waals surface area contributed by atoms with E-state index >= 15 is 0 Å². The van der Waals surface area contributed by atoms with Crippen LogP contribution in [-0.4, -0.2) is 20.6 Å². The van der Waals surface area contributed by atoms with E-state index in [2.05, 4.69) is 5.16 Å². The summed E-state index contributed by atoms with van der Waals surface area (Å²) < 4.78 is 32.8. The van der Waals surface area contributed by atoms with Crippen molar-refractivity contribution in [3.8, 4) is 11.3 Å². The molecule has 1 heterocycles. The van der Waals surface area contributed by atoms with Crippen LogP contribution in [0.2, 0.25) is 0 Å². The standard InChI is InChI=1S/C19H20N2O3S/c1-13-5-9-17(10-6-13)21(4)25(22,23)19-12-16(8-7-14(19)2)18-11-15(3)20-24-18/h5-12H,1-4H3. The molecule has 3 rings (SSSR count). The number of benzene rings is 2. The van der Waals surface area contributed by atoms with Crippen LogP contribution in [0.25, 0.3) is 11.3 Å². The van der Waals surface area contributed by atoms with Crippen molar-refractivity contribution < 1.29 is 12.9 Å². The van der Waals surface area contributed by atoms with E-state index in [1.54, 1.807) is 44.3 Å². The van der Waals surface area contributed by atoms with E-state index in [0.717, 1.165) is 11.3 Å². The van der Waals surface area contributed by atoms with Crippen LogP contribution in [0.5, 0.6) is 0 Å². The van der Waals surface area contributed by atoms with E-state index in [9.17, 15) is 8.42 Å². The minimum absolute atomic E-state index is 0.252. The average molecular weight is 356 g/mol. The number of aromatic nitrogens is 1. The molecule has 25 heavy (non-hydrogen) atoms. The van der Waals surface area contributed by atoms with Crippen molar-refractivity contribution in [3.05, 3.63) is 65.4 Å². The molecule has 0 saturated carbocycles. The third-order valence-corrected chi connectivity index (χ3v) is 6.06. The Balaban J connectivity index is 2.06. The van der Waals surface area contributed by atoms with Gasteiger partial charge in [-0.25, -0.2) is 8.42 Å². The molecule has 0 aliphatic rings. The monoisotopic (exact) mass is 356 g/mol. The van der Waals surface area contributed by atoms with Gasteiger partial charge in [-0.15, -0.1) is 0 Å². The Kier molecular flexibility index (Phi) is 4.39. The van der Waals surface area contributed by atoms with Crippen molar-refractivity contribution in [1.29, 1.82) is 0 Å². The Bertz CT molecular complexity index is 1010. The summed E-state index contributed by atoms with van der Waals surface area (Å²) >= 11 is 0. The molecular formula is C19H20N2O3S. The minimum Gasteiger partial charge on any atom is -0.356 e. The number of sulfonamides is 1. The van der Waals surface area contributed by atoms with Crippen LogP contribution in [0, 0.1) is 20.8 Å². The van der Waals surface area contributed by atoms with Crippen molar-refractivity contribution in [2.75, 3.05) is 11.4 Å². The molecule has 0 atom stereocenters. The van der Waals surface area contributed by atoms with E-state index in [0.29, 0.717) is 22.6 Å². The Morgan fingerprint density at radius 2 is 1.64 bits per heavy atom. The first-order valence-electron chi connectivity index (χ1n) is 7.89. The second kappa shape index (κ2) is 6.37. The van der Waals surface area contributed by atoms with Gasteiger partial charge in [0.25, 0.3) is 10.0 Å². The number of nitrogens with zero attached hydrogens (tertiary/aromatic N) is 2. The zero-order valence-electron chi connectivity index (χ0n) is 14.6. The van der Waals surface area contributed by atoms with Crippen molar-refractivity contribution in [2.24, 2.45) is 0 Å². The summed E-state index contributed by atoms with van der Waals surface area (Å²) in [5, 5.41) is 3.86. The molecular weight excluding hydrogens is 336 g/mol. The van der Waals surface area contributed by atoms with E-state index in [1.807, 2.05) is 32.0 Å². The fraction of sp³-hybridized carbons (Fsp3) is 0.211. The molecule has 2 aromatic carbocycles. The first-order valence-corrected chi connectivity index (χ1v) is 9.33. The second-order valence-electron chi connectivity index (χ2n) is 6.12. The fourth-order valence-electron chi connectivity index (χ4n) is 2.57. The largest absolute Gasteiger partial charge is 0.356 e. The maximum Gasteiger partial charge on any atom is 0.264 e. The topological polar surface area (TPSA) is 63.4 Å². The lowest BCUT2D eigenvalue weighted by atomic mass is 10.1. The second-order valence-corrected chi connectivity index (χ2v) is 8.06. The van der Waals surface area contributed by atoms with E-state index in [1.165, 1.54) is 4.31 Å². The van der Waals surface area contributed by atoms with Crippen molar-refractivity contribution in [3.63, 3.8) is 0 Å². The first-order chi connectivity index (χ1) is 11.8. The summed E-state index contributed by atoms with van der Waals surface area (Å²) in [6.45, 7) is 5.57. The Morgan fingerprint density at radius 3 is 2.24 bits per heavy atom. The molecule has 3 aromatic rings. The van der Waals surface area contributed by atoms with Gasteiger partial charge in [-0.2, -0.15) is 0 Å². The number of rotatable bonds is 4. The molecule has 5 nitrogen and oxygen atoms in total. The van der Waals surface area contributed by atoms with Gasteiger partial charge in [-0.05, 0) is 44.5 Å². The zero-order chi connectivity index (χ0) is 18.2. The van der Waals surface area contributed by atoms with Gasteiger partial charge >= 0.3 is 0 Å². The summed E-state index contributed by atoms with van der Waals surface area (Å²) in [5.41, 5.74) is 3.80. The van der Waals surface area contributed by atoms with Crippen LogP contribution in [0.3, 0.4) is 0 Å². The molecule has 0 aliphatic carbocycles. The summed E-state index contributed by atoms with van der Waals surface area (Å²) in [7, 11) is -2.13. The normalized spacial score (nSPS) is 11.5. The molecule has 0 fully saturated rings. The third kappa shape index (κ3) is 3.30. The molecule has 0 N–H and O–H groups in total. The van der Waals surface area contributed by atoms with Crippen LogP contribution >= 0.6 is 0 Å². The number of hydrogen-bond acceptors (Lipinski definition) is 4. The van der Waals surface area contributed by atoms with Crippen LogP contribution < -0.4 is 4.31 Å². The smallest absolute Gasteiger partial charge is 0.264 e. The Labute approximate surface area is 147 Å². The molecule has 0 spiro atoms. The number of hydrogen-bond donors (Lipinski definition) is 0. The highest BCUT2D eigenvalue weighted by molar-refractivity contribution is 7.92. The maximum atomic E-state index is 13.1. The number of aryl methyl sites for hydroxylation is 3. The lowest BCUT2D eigenvalue weighted by Crippen LogP contribution is -2.27. The molecule has 0 saturated heterocycles. The predicted octanol–water partition coefficient (Wildman–Crippen LogP) is 4.09. The van der Waals surface area contributed by atoms with Crippen molar-refractivity contribution >= 4 is 15.7 Å². The average Bonchev–Trinajstić information content (AvgIpc) is 3.01. The SMILES string of the molecule is Cc1ccc(N(C)S(=O)(=O)c2cc(-c3cc(C)no3)ccc2C)cc1. The van der Waals surface area contributed by atoms with E-state index in [-0.39, 0.29) is 4.90 Å². The highest BCUT2D eigenvalue weighted by Gasteiger charge is 2.24. The van der Waals surface area contributed by atoms with Crippen molar-refractivity contribution in [1.82, 2.24) is 5.16 Å². The lowest BCUT2D eigenvalue weighted by molar-refractivity contribution is 0.427. The van der Waals surface area contributed by atoms with Gasteiger partial charge in [0, 0.05) is 18.7 Å². The maximum absolute atomic E-state index is 13.1. The molecule has 130 valence electrons. The van der Waals surface area contributed by atoms with Crippen LogP contribution in [-0.2, 0) is 10.0 Å². The molecule has 1 aromatic heterocycles. The summed E-state index contributed by atoms with van der Waals surface area (Å²) in [6, 6.07) is 14.4. The fourth-order valence-corrected chi connectivity index (χ4v) is 4.02. The highest BCUT2D eigenvalue weighted by Crippen LogP contribution is 2.29. The molecule has 6 heteroatoms.